The lowest BCUT2D eigenvalue weighted by atomic mass is 9.81. The van der Waals surface area contributed by atoms with Crippen LogP contribution in [0.1, 0.15) is 69.6 Å². The first-order valence-electron chi connectivity index (χ1n) is 15.4. The lowest BCUT2D eigenvalue weighted by Gasteiger charge is -2.03. The fraction of sp³-hybridized carbons (Fsp3) is 0.235. The molecule has 6 aromatic rings. The van der Waals surface area contributed by atoms with Gasteiger partial charge in [-0.3, -0.25) is 5.10 Å². The maximum absolute atomic E-state index is 12.1. The second-order valence-corrected chi connectivity index (χ2v) is 13.4. The molecule has 4 aromatic heterocycles. The molecule has 0 atom stereocenters. The first kappa shape index (κ1) is 34.4. The number of benzene rings is 2. The lowest BCUT2D eigenvalue weighted by molar-refractivity contribution is 0.0587. The molecule has 250 valence electrons. The van der Waals surface area contributed by atoms with E-state index in [4.69, 9.17) is 14.8 Å². The number of rotatable bonds is 6. The first-order valence-corrected chi connectivity index (χ1v) is 17.0. The molecular weight excluding hydrogens is 759 g/mol. The van der Waals surface area contributed by atoms with Gasteiger partial charge >= 0.3 is 19.1 Å². The normalized spacial score (nSPS) is 13.6. The molecule has 2 saturated carbocycles. The van der Waals surface area contributed by atoms with Crippen molar-refractivity contribution in [2.45, 2.75) is 37.5 Å². The highest BCUT2D eigenvalue weighted by molar-refractivity contribution is 9.10. The van der Waals surface area contributed by atoms with Crippen LogP contribution < -0.4 is 5.46 Å². The van der Waals surface area contributed by atoms with E-state index in [-0.39, 0.29) is 0 Å². The predicted octanol–water partition coefficient (Wildman–Crippen LogP) is 5.60. The molecule has 0 unspecified atom stereocenters. The van der Waals surface area contributed by atoms with Crippen molar-refractivity contribution in [3.8, 4) is 5.69 Å². The van der Waals surface area contributed by atoms with Crippen LogP contribution in [0.15, 0.2) is 82.0 Å². The summed E-state index contributed by atoms with van der Waals surface area (Å²) >= 11 is 6.67. The number of H-pyrrole nitrogens is 1. The predicted molar refractivity (Wildman–Crippen MR) is 191 cm³/mol. The van der Waals surface area contributed by atoms with E-state index in [1.807, 2.05) is 54.9 Å². The number of ether oxygens (including phenoxy) is 2. The van der Waals surface area contributed by atoms with Crippen LogP contribution in [0.3, 0.4) is 0 Å². The van der Waals surface area contributed by atoms with Crippen LogP contribution in [0.2, 0.25) is 0 Å². The Morgan fingerprint density at radius 1 is 0.837 bits per heavy atom. The topological polar surface area (TPSA) is 165 Å². The first-order chi connectivity index (χ1) is 23.7. The van der Waals surface area contributed by atoms with Crippen molar-refractivity contribution in [2.24, 2.45) is 0 Å². The van der Waals surface area contributed by atoms with E-state index in [0.29, 0.717) is 40.0 Å². The third-order valence-electron chi connectivity index (χ3n) is 8.04. The van der Waals surface area contributed by atoms with Crippen molar-refractivity contribution in [2.75, 3.05) is 14.2 Å². The number of hydrogen-bond acceptors (Lipinski definition) is 10. The lowest BCUT2D eigenvalue weighted by Crippen LogP contribution is -2.29. The number of nitrogens with zero attached hydrogens (tertiary/aromatic N) is 5. The summed E-state index contributed by atoms with van der Waals surface area (Å²) < 4.78 is 13.0. The van der Waals surface area contributed by atoms with E-state index in [1.54, 1.807) is 22.9 Å². The third kappa shape index (κ3) is 8.07. The van der Waals surface area contributed by atoms with Crippen LogP contribution in [0, 0.1) is 0 Å². The minimum absolute atomic E-state index is 0.303. The van der Waals surface area contributed by atoms with Crippen LogP contribution in [-0.2, 0) is 9.47 Å². The van der Waals surface area contributed by atoms with Gasteiger partial charge in [-0.25, -0.2) is 24.2 Å². The van der Waals surface area contributed by atoms with Crippen LogP contribution in [0.25, 0.3) is 27.8 Å². The quantitative estimate of drug-likeness (QED) is 0.143. The molecule has 2 aliphatic carbocycles. The minimum Gasteiger partial charge on any atom is -0.464 e. The molecule has 3 N–H and O–H groups in total. The van der Waals surface area contributed by atoms with E-state index < -0.39 is 19.1 Å². The maximum Gasteiger partial charge on any atom is 0.488 e. The molecule has 2 aromatic carbocycles. The van der Waals surface area contributed by atoms with Gasteiger partial charge < -0.3 is 19.5 Å². The fourth-order valence-electron chi connectivity index (χ4n) is 5.17. The number of nitrogens with one attached hydrogen (secondary N) is 1. The summed E-state index contributed by atoms with van der Waals surface area (Å²) in [4.78, 5) is 32.4. The van der Waals surface area contributed by atoms with Gasteiger partial charge in [0, 0.05) is 21.3 Å². The summed E-state index contributed by atoms with van der Waals surface area (Å²) in [6, 6.07) is 18.6. The molecule has 49 heavy (non-hydrogen) atoms. The third-order valence-corrected chi connectivity index (χ3v) is 9.03. The van der Waals surface area contributed by atoms with Crippen LogP contribution in [-0.4, -0.2) is 73.3 Å². The summed E-state index contributed by atoms with van der Waals surface area (Å²) in [5.41, 5.74) is 5.58. The second-order valence-electron chi connectivity index (χ2n) is 11.6. The Morgan fingerprint density at radius 2 is 1.45 bits per heavy atom. The van der Waals surface area contributed by atoms with E-state index in [1.165, 1.54) is 45.5 Å². The molecule has 12 nitrogen and oxygen atoms in total. The van der Waals surface area contributed by atoms with Crippen molar-refractivity contribution in [1.82, 2.24) is 29.9 Å². The monoisotopic (exact) mass is 788 g/mol. The van der Waals surface area contributed by atoms with Gasteiger partial charge in [0.15, 0.2) is 22.7 Å². The molecular formula is C34H31BBr2N6O6. The van der Waals surface area contributed by atoms with Gasteiger partial charge in [0.25, 0.3) is 0 Å². The van der Waals surface area contributed by atoms with Crippen molar-refractivity contribution in [3.63, 3.8) is 0 Å². The summed E-state index contributed by atoms with van der Waals surface area (Å²) in [6.45, 7) is 0. The Morgan fingerprint density at radius 3 is 2.02 bits per heavy atom. The largest absolute Gasteiger partial charge is 0.488 e. The molecule has 2 aliphatic rings. The number of carbonyl (C=O) groups is 2. The molecule has 0 aliphatic heterocycles. The van der Waals surface area contributed by atoms with E-state index in [2.05, 4.69) is 61.9 Å². The number of halogens is 2. The molecule has 0 radical (unpaired) electrons. The number of hydrogen-bond donors (Lipinski definition) is 3. The fourth-order valence-corrected chi connectivity index (χ4v) is 5.98. The molecule has 0 amide bonds. The summed E-state index contributed by atoms with van der Waals surface area (Å²) in [6.07, 6.45) is 8.50. The molecule has 8 rings (SSSR count). The van der Waals surface area contributed by atoms with Crippen molar-refractivity contribution < 1.29 is 29.1 Å². The number of methoxy groups -OCH3 is 2. The Hall–Kier alpha value is -4.44. The number of carbonyl (C=O) groups excluding carboxylic acids is 2. The summed E-state index contributed by atoms with van der Waals surface area (Å²) in [5.74, 6) is 0.319. The number of aromatic amines is 1. The summed E-state index contributed by atoms with van der Waals surface area (Å²) in [5, 5.41) is 29.9. The molecule has 0 spiro atoms. The SMILES string of the molecule is COC(=O)c1[nH]nc2ncc(C3CC3)cc12.COC(=O)c1nn(-c2cccc(Br)c2)c2ncc(C3CC3)cc12.OB(O)c1cccc(Br)c1. The number of aromatic nitrogens is 6. The average Bonchev–Trinajstić information content (AvgIpc) is 4.06. The van der Waals surface area contributed by atoms with Gasteiger partial charge in [-0.1, -0.05) is 50.1 Å². The molecule has 0 bridgehead atoms. The van der Waals surface area contributed by atoms with E-state index in [0.717, 1.165) is 31.0 Å². The molecule has 4 heterocycles. The van der Waals surface area contributed by atoms with Crippen LogP contribution >= 0.6 is 31.9 Å². The Bertz CT molecular complexity index is 2150. The van der Waals surface area contributed by atoms with Crippen molar-refractivity contribution in [1.29, 1.82) is 0 Å². The minimum atomic E-state index is -1.38. The zero-order valence-corrected chi connectivity index (χ0v) is 29.7. The van der Waals surface area contributed by atoms with E-state index >= 15 is 0 Å². The highest BCUT2D eigenvalue weighted by atomic mass is 79.9. The van der Waals surface area contributed by atoms with Crippen molar-refractivity contribution in [3.05, 3.63) is 105 Å². The van der Waals surface area contributed by atoms with Gasteiger partial charge in [-0.05, 0) is 96.6 Å². The van der Waals surface area contributed by atoms with Crippen molar-refractivity contribution >= 4 is 78.4 Å². The highest BCUT2D eigenvalue weighted by Gasteiger charge is 2.27. The number of fused-ring (bicyclic) bond motifs is 2. The van der Waals surface area contributed by atoms with Gasteiger partial charge in [0.05, 0.1) is 30.7 Å². The molecule has 15 heteroatoms. The zero-order chi connectivity index (χ0) is 34.7. The summed E-state index contributed by atoms with van der Waals surface area (Å²) in [7, 11) is 1.34. The second kappa shape index (κ2) is 15.0. The maximum atomic E-state index is 12.1. The van der Waals surface area contributed by atoms with Crippen LogP contribution in [0.5, 0.6) is 0 Å². The average molecular weight is 790 g/mol. The van der Waals surface area contributed by atoms with Crippen LogP contribution in [0.4, 0.5) is 0 Å². The van der Waals surface area contributed by atoms with Gasteiger partial charge in [-0.2, -0.15) is 10.2 Å². The van der Waals surface area contributed by atoms with Gasteiger partial charge in [-0.15, -0.1) is 0 Å². The molecule has 0 saturated heterocycles. The molecule has 2 fully saturated rings. The number of pyridine rings is 2. The standard InChI is InChI=1S/C17H14BrN3O2.C11H11N3O2.C6H6BBrO2/c1-23-17(22)15-14-7-11(10-5-6-10)9-19-16(14)21(20-15)13-4-2-3-12(18)8-13;1-16-11(15)9-8-4-7(6-2-3-6)5-12-10(8)14-13-9;8-6-3-1-2-5(4-6)7(9)10/h2-4,7-10H,5-6H2,1H3;4-6H,2-3H2,1H3,(H,12,13,14);1-4,9-10H. The highest BCUT2D eigenvalue weighted by Crippen LogP contribution is 2.41. The Labute approximate surface area is 298 Å². The van der Waals surface area contributed by atoms with Gasteiger partial charge in [0.1, 0.15) is 0 Å². The number of esters is 2. The Balaban J connectivity index is 0.000000139. The van der Waals surface area contributed by atoms with E-state index in [9.17, 15) is 9.59 Å². The van der Waals surface area contributed by atoms with Gasteiger partial charge in [0.2, 0.25) is 0 Å². The smallest absolute Gasteiger partial charge is 0.464 e. The Kier molecular flexibility index (Phi) is 10.5. The zero-order valence-electron chi connectivity index (χ0n) is 26.5.